The van der Waals surface area contributed by atoms with Crippen molar-refractivity contribution in [3.63, 3.8) is 0 Å². The zero-order valence-corrected chi connectivity index (χ0v) is 10.0. The van der Waals surface area contributed by atoms with Crippen molar-refractivity contribution in [2.45, 2.75) is 6.61 Å². The Balaban J connectivity index is 2.02. The van der Waals surface area contributed by atoms with Crippen molar-refractivity contribution < 1.29 is 9.84 Å². The molecule has 0 aliphatic carbocycles. The number of hydrogen-bond donors (Lipinski definition) is 1. The molecular weight excluding hydrogens is 270 g/mol. The van der Waals surface area contributed by atoms with Crippen LogP contribution in [0.25, 0.3) is 0 Å². The Morgan fingerprint density at radius 3 is 2.62 bits per heavy atom. The van der Waals surface area contributed by atoms with Crippen LogP contribution in [0.4, 0.5) is 0 Å². The van der Waals surface area contributed by atoms with E-state index in [-0.39, 0.29) is 5.75 Å². The number of halogens is 1. The second kappa shape index (κ2) is 4.99. The van der Waals surface area contributed by atoms with Crippen LogP contribution in [-0.4, -0.2) is 10.1 Å². The molecule has 1 heterocycles. The predicted molar refractivity (Wildman–Crippen MR) is 64.4 cm³/mol. The van der Waals surface area contributed by atoms with Gasteiger partial charge in [-0.2, -0.15) is 0 Å². The summed E-state index contributed by atoms with van der Waals surface area (Å²) in [5.74, 6) is 0.948. The van der Waals surface area contributed by atoms with Gasteiger partial charge >= 0.3 is 0 Å². The van der Waals surface area contributed by atoms with Gasteiger partial charge in [0.2, 0.25) is 0 Å². The van der Waals surface area contributed by atoms with E-state index in [1.54, 1.807) is 30.5 Å². The van der Waals surface area contributed by atoms with Crippen molar-refractivity contribution in [2.24, 2.45) is 0 Å². The fourth-order valence-electron chi connectivity index (χ4n) is 1.23. The topological polar surface area (TPSA) is 42.4 Å². The highest BCUT2D eigenvalue weighted by molar-refractivity contribution is 9.10. The summed E-state index contributed by atoms with van der Waals surface area (Å²) >= 11 is 3.35. The van der Waals surface area contributed by atoms with Crippen LogP contribution in [0, 0.1) is 0 Å². The van der Waals surface area contributed by atoms with Gasteiger partial charge in [-0.05, 0) is 46.3 Å². The van der Waals surface area contributed by atoms with Gasteiger partial charge in [-0.25, -0.2) is 4.98 Å². The summed E-state index contributed by atoms with van der Waals surface area (Å²) in [5.41, 5.74) is 0.982. The lowest BCUT2D eigenvalue weighted by atomic mass is 10.3. The molecule has 0 unspecified atom stereocenters. The zero-order chi connectivity index (χ0) is 11.4. The summed E-state index contributed by atoms with van der Waals surface area (Å²) in [5, 5.41) is 9.11. The number of phenolic OH excluding ortho intramolecular Hbond substituents is 1. The van der Waals surface area contributed by atoms with Gasteiger partial charge in [-0.1, -0.05) is 6.07 Å². The maximum atomic E-state index is 9.11. The van der Waals surface area contributed by atoms with Gasteiger partial charge in [0.1, 0.15) is 22.7 Å². The first-order valence-electron chi connectivity index (χ1n) is 4.77. The Kier molecular flexibility index (Phi) is 3.41. The van der Waals surface area contributed by atoms with Crippen molar-refractivity contribution in [3.8, 4) is 11.5 Å². The first-order chi connectivity index (χ1) is 7.75. The molecule has 0 saturated carbocycles. The second-order valence-corrected chi connectivity index (χ2v) is 3.99. The van der Waals surface area contributed by atoms with Crippen LogP contribution in [0.15, 0.2) is 47.2 Å². The molecule has 0 aliphatic heterocycles. The Bertz CT molecular complexity index is 471. The fourth-order valence-corrected chi connectivity index (χ4v) is 1.60. The predicted octanol–water partition coefficient (Wildman–Crippen LogP) is 3.13. The van der Waals surface area contributed by atoms with Crippen LogP contribution < -0.4 is 4.74 Å². The molecule has 0 radical (unpaired) electrons. The summed E-state index contributed by atoms with van der Waals surface area (Å²) < 4.78 is 6.33. The standard InChI is InChI=1S/C12H10BrNO2/c13-12-9(2-1-7-14-12)8-16-11-5-3-10(15)4-6-11/h1-7,15H,8H2. The lowest BCUT2D eigenvalue weighted by molar-refractivity contribution is 0.304. The van der Waals surface area contributed by atoms with Crippen molar-refractivity contribution >= 4 is 15.9 Å². The largest absolute Gasteiger partial charge is 0.508 e. The summed E-state index contributed by atoms with van der Waals surface area (Å²) in [6, 6.07) is 10.4. The summed E-state index contributed by atoms with van der Waals surface area (Å²) in [7, 11) is 0. The van der Waals surface area contributed by atoms with Crippen molar-refractivity contribution in [1.82, 2.24) is 4.98 Å². The van der Waals surface area contributed by atoms with E-state index in [0.29, 0.717) is 12.4 Å². The molecule has 1 aromatic carbocycles. The van der Waals surface area contributed by atoms with Gasteiger partial charge in [-0.3, -0.25) is 0 Å². The number of rotatable bonds is 3. The Morgan fingerprint density at radius 1 is 1.19 bits per heavy atom. The molecule has 0 atom stereocenters. The highest BCUT2D eigenvalue weighted by Crippen LogP contribution is 2.19. The molecule has 0 spiro atoms. The minimum absolute atomic E-state index is 0.231. The number of nitrogens with zero attached hydrogens (tertiary/aromatic N) is 1. The number of benzene rings is 1. The van der Waals surface area contributed by atoms with Crippen molar-refractivity contribution in [1.29, 1.82) is 0 Å². The van der Waals surface area contributed by atoms with Crippen LogP contribution in [0.3, 0.4) is 0 Å². The van der Waals surface area contributed by atoms with Gasteiger partial charge in [0.25, 0.3) is 0 Å². The van der Waals surface area contributed by atoms with Crippen LogP contribution in [0.2, 0.25) is 0 Å². The average molecular weight is 280 g/mol. The van der Waals surface area contributed by atoms with Gasteiger partial charge in [0.15, 0.2) is 0 Å². The zero-order valence-electron chi connectivity index (χ0n) is 8.43. The number of aromatic hydroxyl groups is 1. The molecule has 1 N–H and O–H groups in total. The number of pyridine rings is 1. The lowest BCUT2D eigenvalue weighted by Gasteiger charge is -2.07. The highest BCUT2D eigenvalue weighted by atomic mass is 79.9. The van der Waals surface area contributed by atoms with E-state index in [2.05, 4.69) is 20.9 Å². The Hall–Kier alpha value is -1.55. The lowest BCUT2D eigenvalue weighted by Crippen LogP contribution is -1.97. The van der Waals surface area contributed by atoms with Crippen LogP contribution in [0.1, 0.15) is 5.56 Å². The number of hydrogen-bond acceptors (Lipinski definition) is 3. The number of ether oxygens (including phenoxy) is 1. The summed E-state index contributed by atoms with van der Waals surface area (Å²) in [4.78, 5) is 4.10. The van der Waals surface area contributed by atoms with Crippen LogP contribution in [0.5, 0.6) is 11.5 Å². The van der Waals surface area contributed by atoms with E-state index in [1.165, 1.54) is 0 Å². The van der Waals surface area contributed by atoms with E-state index < -0.39 is 0 Å². The van der Waals surface area contributed by atoms with E-state index in [9.17, 15) is 0 Å². The van der Waals surface area contributed by atoms with Gasteiger partial charge in [-0.15, -0.1) is 0 Å². The molecule has 2 rings (SSSR count). The third kappa shape index (κ3) is 2.73. The average Bonchev–Trinajstić information content (AvgIpc) is 2.30. The maximum Gasteiger partial charge on any atom is 0.120 e. The third-order valence-electron chi connectivity index (χ3n) is 2.07. The minimum Gasteiger partial charge on any atom is -0.508 e. The number of aromatic nitrogens is 1. The Morgan fingerprint density at radius 2 is 1.94 bits per heavy atom. The summed E-state index contributed by atoms with van der Waals surface area (Å²) in [6.45, 7) is 0.444. The molecule has 2 aromatic rings. The molecule has 0 amide bonds. The first-order valence-corrected chi connectivity index (χ1v) is 5.56. The van der Waals surface area contributed by atoms with Gasteiger partial charge < -0.3 is 9.84 Å². The molecule has 0 saturated heterocycles. The summed E-state index contributed by atoms with van der Waals surface area (Å²) in [6.07, 6.45) is 1.72. The fraction of sp³-hybridized carbons (Fsp3) is 0.0833. The molecule has 16 heavy (non-hydrogen) atoms. The van der Waals surface area contributed by atoms with E-state index in [4.69, 9.17) is 9.84 Å². The van der Waals surface area contributed by atoms with E-state index in [1.807, 2.05) is 12.1 Å². The molecular formula is C12H10BrNO2. The van der Waals surface area contributed by atoms with Crippen LogP contribution >= 0.6 is 15.9 Å². The molecule has 4 heteroatoms. The highest BCUT2D eigenvalue weighted by Gasteiger charge is 2.00. The normalized spacial score (nSPS) is 10.1. The second-order valence-electron chi connectivity index (χ2n) is 3.24. The first kappa shape index (κ1) is 11.0. The van der Waals surface area contributed by atoms with Crippen molar-refractivity contribution in [3.05, 3.63) is 52.8 Å². The molecule has 0 aliphatic rings. The van der Waals surface area contributed by atoms with Gasteiger partial charge in [0.05, 0.1) is 0 Å². The maximum absolute atomic E-state index is 9.11. The quantitative estimate of drug-likeness (QED) is 0.878. The SMILES string of the molecule is Oc1ccc(OCc2cccnc2Br)cc1. The van der Waals surface area contributed by atoms with Gasteiger partial charge in [0, 0.05) is 11.8 Å². The molecule has 0 fully saturated rings. The molecule has 1 aromatic heterocycles. The molecule has 0 bridgehead atoms. The minimum atomic E-state index is 0.231. The Labute approximate surface area is 102 Å². The monoisotopic (exact) mass is 279 g/mol. The third-order valence-corrected chi connectivity index (χ3v) is 2.78. The van der Waals surface area contributed by atoms with E-state index >= 15 is 0 Å². The van der Waals surface area contributed by atoms with E-state index in [0.717, 1.165) is 10.2 Å². The molecule has 3 nitrogen and oxygen atoms in total. The number of phenols is 1. The molecule has 82 valence electrons. The smallest absolute Gasteiger partial charge is 0.120 e. The van der Waals surface area contributed by atoms with Crippen LogP contribution in [-0.2, 0) is 6.61 Å². The van der Waals surface area contributed by atoms with Crippen molar-refractivity contribution in [2.75, 3.05) is 0 Å².